The second kappa shape index (κ2) is 6.48. The van der Waals surface area contributed by atoms with Gasteiger partial charge < -0.3 is 19.7 Å². The molecule has 3 aliphatic rings. The fraction of sp³-hybridized carbons (Fsp3) is 0.526. The minimum Gasteiger partial charge on any atom is -0.458 e. The molecule has 6 atom stereocenters. The van der Waals surface area contributed by atoms with E-state index in [2.05, 4.69) is 13.2 Å². The van der Waals surface area contributed by atoms with E-state index in [1.165, 1.54) is 13.0 Å². The average Bonchev–Trinajstić information content (AvgIpc) is 3.04. The Hall–Kier alpha value is -2.25. The Balaban J connectivity index is 2.10. The summed E-state index contributed by atoms with van der Waals surface area (Å²) >= 11 is 0. The summed E-state index contributed by atoms with van der Waals surface area (Å²) in [6.45, 7) is 8.26. The molecule has 7 nitrogen and oxygen atoms in total. The van der Waals surface area contributed by atoms with Crippen LogP contribution in [0, 0.1) is 17.8 Å². The van der Waals surface area contributed by atoms with Gasteiger partial charge in [0.25, 0.3) is 0 Å². The minimum absolute atomic E-state index is 0.115. The van der Waals surface area contributed by atoms with Crippen LogP contribution in [0.25, 0.3) is 0 Å². The third kappa shape index (κ3) is 2.71. The van der Waals surface area contributed by atoms with E-state index in [0.29, 0.717) is 18.3 Å². The molecule has 140 valence electrons. The van der Waals surface area contributed by atoms with Gasteiger partial charge in [0, 0.05) is 17.1 Å². The Bertz CT molecular complexity index is 721. The van der Waals surface area contributed by atoms with Gasteiger partial charge in [0.1, 0.15) is 18.5 Å². The topological polar surface area (TPSA) is 110 Å². The predicted octanol–water partition coefficient (Wildman–Crippen LogP) is 0.461. The summed E-state index contributed by atoms with van der Waals surface area (Å²) < 4.78 is 10.9. The molecule has 3 rings (SSSR count). The molecule has 1 saturated carbocycles. The number of aldehydes is 1. The lowest BCUT2D eigenvalue weighted by Gasteiger charge is -2.36. The van der Waals surface area contributed by atoms with Crippen molar-refractivity contribution in [3.05, 3.63) is 36.0 Å². The normalized spacial score (nSPS) is 38.6. The van der Waals surface area contributed by atoms with Crippen molar-refractivity contribution >= 4 is 18.2 Å². The van der Waals surface area contributed by atoms with E-state index in [4.69, 9.17) is 9.47 Å². The quantitative estimate of drug-likeness (QED) is 0.425. The van der Waals surface area contributed by atoms with Gasteiger partial charge in [0.2, 0.25) is 0 Å². The molecule has 2 N–H and O–H groups in total. The zero-order valence-electron chi connectivity index (χ0n) is 14.5. The average molecular weight is 362 g/mol. The maximum absolute atomic E-state index is 12.1. The SMILES string of the molecule is C=C(C)C(=O)O[C@@H]1C=C(C=O)[C@@H]2CC[C@@](O)(CO)[C@@H]2[C@H]2OC(=O)C(=C)[C@@H]21. The Morgan fingerprint density at radius 3 is 2.81 bits per heavy atom. The number of hydrogen-bond donors (Lipinski definition) is 2. The van der Waals surface area contributed by atoms with E-state index in [0.717, 1.165) is 0 Å². The van der Waals surface area contributed by atoms with Crippen LogP contribution in [0.3, 0.4) is 0 Å². The number of allylic oxidation sites excluding steroid dienone is 1. The van der Waals surface area contributed by atoms with Crippen LogP contribution in [0.15, 0.2) is 36.0 Å². The van der Waals surface area contributed by atoms with E-state index < -0.39 is 54.1 Å². The zero-order valence-corrected chi connectivity index (χ0v) is 14.5. The minimum atomic E-state index is -1.49. The van der Waals surface area contributed by atoms with Gasteiger partial charge in [0.05, 0.1) is 18.1 Å². The Morgan fingerprint density at radius 1 is 1.54 bits per heavy atom. The molecule has 0 aromatic carbocycles. The molecule has 0 aromatic rings. The molecule has 1 saturated heterocycles. The summed E-state index contributed by atoms with van der Waals surface area (Å²) in [7, 11) is 0. The molecule has 0 unspecified atom stereocenters. The van der Waals surface area contributed by atoms with Crippen molar-refractivity contribution in [1.82, 2.24) is 0 Å². The van der Waals surface area contributed by atoms with Gasteiger partial charge in [-0.2, -0.15) is 0 Å². The number of hydrogen-bond acceptors (Lipinski definition) is 7. The maximum Gasteiger partial charge on any atom is 0.334 e. The molecule has 2 fully saturated rings. The maximum atomic E-state index is 12.1. The summed E-state index contributed by atoms with van der Waals surface area (Å²) in [6, 6.07) is 0. The zero-order chi connectivity index (χ0) is 19.2. The van der Waals surface area contributed by atoms with Crippen LogP contribution >= 0.6 is 0 Å². The van der Waals surface area contributed by atoms with Crippen LogP contribution in [0.2, 0.25) is 0 Å². The van der Waals surface area contributed by atoms with Crippen LogP contribution in [0.1, 0.15) is 19.8 Å². The standard InChI is InChI=1S/C19H22O7/c1-9(2)17(22)25-13-6-11(7-20)12-4-5-19(24,8-21)15(12)16-14(13)10(3)18(23)26-16/h6-7,12-16,21,24H,1,3-5,8H2,2H3/t12-,13+,14+,15-,16-,19+/m0/s1. The molecular weight excluding hydrogens is 340 g/mol. The second-order valence-electron chi connectivity index (χ2n) is 7.29. The van der Waals surface area contributed by atoms with E-state index >= 15 is 0 Å². The number of carbonyl (C=O) groups is 3. The number of fused-ring (bicyclic) bond motifs is 3. The highest BCUT2D eigenvalue weighted by Gasteiger charge is 2.60. The number of esters is 2. The van der Waals surface area contributed by atoms with Crippen LogP contribution in [-0.2, 0) is 23.9 Å². The van der Waals surface area contributed by atoms with Crippen LogP contribution in [-0.4, -0.2) is 52.9 Å². The van der Waals surface area contributed by atoms with E-state index in [1.807, 2.05) is 0 Å². The second-order valence-corrected chi connectivity index (χ2v) is 7.29. The summed E-state index contributed by atoms with van der Waals surface area (Å²) in [5.74, 6) is -3.14. The highest BCUT2D eigenvalue weighted by molar-refractivity contribution is 5.92. The number of aliphatic hydroxyl groups excluding tert-OH is 1. The molecule has 1 heterocycles. The first kappa shape index (κ1) is 18.5. The van der Waals surface area contributed by atoms with Gasteiger partial charge in [-0.15, -0.1) is 0 Å². The van der Waals surface area contributed by atoms with E-state index in [1.54, 1.807) is 0 Å². The van der Waals surface area contributed by atoms with Crippen LogP contribution in [0.5, 0.6) is 0 Å². The molecule has 0 amide bonds. The number of aliphatic hydroxyl groups is 2. The summed E-state index contributed by atoms with van der Waals surface area (Å²) in [5, 5.41) is 20.6. The van der Waals surface area contributed by atoms with Crippen molar-refractivity contribution < 1.29 is 34.1 Å². The van der Waals surface area contributed by atoms with Gasteiger partial charge in [-0.05, 0) is 37.3 Å². The van der Waals surface area contributed by atoms with Crippen molar-refractivity contribution in [2.45, 2.75) is 37.6 Å². The Morgan fingerprint density at radius 2 is 2.23 bits per heavy atom. The first-order valence-electron chi connectivity index (χ1n) is 8.50. The first-order valence-corrected chi connectivity index (χ1v) is 8.50. The third-order valence-electron chi connectivity index (χ3n) is 5.70. The van der Waals surface area contributed by atoms with Crippen LogP contribution in [0.4, 0.5) is 0 Å². The lowest BCUT2D eigenvalue weighted by Crippen LogP contribution is -2.48. The Labute approximate surface area is 151 Å². The molecule has 0 radical (unpaired) electrons. The fourth-order valence-electron chi connectivity index (χ4n) is 4.38. The smallest absolute Gasteiger partial charge is 0.334 e. The lowest BCUT2D eigenvalue weighted by molar-refractivity contribution is -0.153. The van der Waals surface area contributed by atoms with Crippen molar-refractivity contribution in [3.63, 3.8) is 0 Å². The van der Waals surface area contributed by atoms with Gasteiger partial charge >= 0.3 is 11.9 Å². The van der Waals surface area contributed by atoms with Crippen molar-refractivity contribution in [2.75, 3.05) is 6.61 Å². The molecule has 0 bridgehead atoms. The highest BCUT2D eigenvalue weighted by Crippen LogP contribution is 2.53. The van der Waals surface area contributed by atoms with Gasteiger partial charge in [0.15, 0.2) is 0 Å². The van der Waals surface area contributed by atoms with Crippen molar-refractivity contribution in [3.8, 4) is 0 Å². The van der Waals surface area contributed by atoms with E-state index in [9.17, 15) is 24.6 Å². The first-order chi connectivity index (χ1) is 12.2. The molecule has 26 heavy (non-hydrogen) atoms. The summed E-state index contributed by atoms with van der Waals surface area (Å²) in [4.78, 5) is 35.9. The molecule has 7 heteroatoms. The molecular formula is C19H22O7. The van der Waals surface area contributed by atoms with Crippen molar-refractivity contribution in [1.29, 1.82) is 0 Å². The van der Waals surface area contributed by atoms with Crippen LogP contribution < -0.4 is 0 Å². The number of carbonyl (C=O) groups excluding carboxylic acids is 3. The fourth-order valence-corrected chi connectivity index (χ4v) is 4.38. The predicted molar refractivity (Wildman–Crippen MR) is 89.6 cm³/mol. The highest BCUT2D eigenvalue weighted by atomic mass is 16.6. The molecule has 0 spiro atoms. The number of rotatable bonds is 4. The largest absolute Gasteiger partial charge is 0.458 e. The van der Waals surface area contributed by atoms with Gasteiger partial charge in [-0.3, -0.25) is 4.79 Å². The monoisotopic (exact) mass is 362 g/mol. The number of ether oxygens (including phenoxy) is 2. The molecule has 2 aliphatic carbocycles. The summed E-state index contributed by atoms with van der Waals surface area (Å²) in [5.41, 5.74) is -0.843. The Kier molecular flexibility index (Phi) is 4.62. The van der Waals surface area contributed by atoms with Gasteiger partial charge in [-0.1, -0.05) is 13.2 Å². The lowest BCUT2D eigenvalue weighted by atomic mass is 9.75. The van der Waals surface area contributed by atoms with Crippen molar-refractivity contribution in [2.24, 2.45) is 17.8 Å². The van der Waals surface area contributed by atoms with E-state index in [-0.39, 0.29) is 17.6 Å². The summed E-state index contributed by atoms with van der Waals surface area (Å²) in [6.07, 6.45) is 1.09. The van der Waals surface area contributed by atoms with Gasteiger partial charge in [-0.25, -0.2) is 9.59 Å². The third-order valence-corrected chi connectivity index (χ3v) is 5.70. The molecule has 0 aromatic heterocycles. The molecule has 1 aliphatic heterocycles.